The molecule has 0 saturated heterocycles. The van der Waals surface area contributed by atoms with E-state index in [1.54, 1.807) is 13.8 Å². The molecule has 0 aromatic rings. The molecule has 2 nitrogen and oxygen atoms in total. The Bertz CT molecular complexity index is 155. The summed E-state index contributed by atoms with van der Waals surface area (Å²) in [6.07, 6.45) is 5.03. The van der Waals surface area contributed by atoms with E-state index < -0.39 is 16.5 Å². The average Bonchev–Trinajstić information content (AvgIpc) is 1.63. The van der Waals surface area contributed by atoms with Crippen LogP contribution < -0.4 is 0 Å². The summed E-state index contributed by atoms with van der Waals surface area (Å²) in [5.74, 6) is 2.41. The van der Waals surface area contributed by atoms with E-state index in [-0.39, 0.29) is 5.75 Å². The first-order chi connectivity index (χ1) is 3.98. The van der Waals surface area contributed by atoms with Crippen LogP contribution in [-0.2, 0) is 11.1 Å². The molecule has 0 aliphatic carbocycles. The molecule has 1 atom stereocenters. The lowest BCUT2D eigenvalue weighted by atomic mass is 9.98. The van der Waals surface area contributed by atoms with Gasteiger partial charge in [0.05, 0.1) is 0 Å². The van der Waals surface area contributed by atoms with E-state index >= 15 is 0 Å². The van der Waals surface area contributed by atoms with Gasteiger partial charge in [-0.15, -0.1) is 6.42 Å². The Labute approximate surface area is 57.9 Å². The normalized spacial score (nSPS) is 14.4. The van der Waals surface area contributed by atoms with Crippen LogP contribution in [0.15, 0.2) is 0 Å². The zero-order chi connectivity index (χ0) is 7.49. The molecule has 0 saturated carbocycles. The van der Waals surface area contributed by atoms with Crippen LogP contribution in [0, 0.1) is 17.8 Å². The standard InChI is InChI=1S/C6H10O2S/c1-4-6(2,3)5-9(7)8/h1H,5H2,2-3H3,(H,7,8)/p-1. The van der Waals surface area contributed by atoms with Crippen LogP contribution in [0.4, 0.5) is 0 Å². The van der Waals surface area contributed by atoms with Gasteiger partial charge in [0, 0.05) is 11.2 Å². The van der Waals surface area contributed by atoms with Crippen LogP contribution >= 0.6 is 0 Å². The molecule has 0 heterocycles. The molecule has 0 aromatic carbocycles. The van der Waals surface area contributed by atoms with Crippen molar-refractivity contribution in [3.05, 3.63) is 0 Å². The van der Waals surface area contributed by atoms with E-state index in [4.69, 9.17) is 6.42 Å². The zero-order valence-electron chi connectivity index (χ0n) is 5.51. The van der Waals surface area contributed by atoms with Gasteiger partial charge in [0.25, 0.3) is 0 Å². The van der Waals surface area contributed by atoms with Gasteiger partial charge < -0.3 is 4.55 Å². The molecule has 0 amide bonds. The first-order valence-corrected chi connectivity index (χ1v) is 3.76. The first kappa shape index (κ1) is 8.67. The molecule has 0 bridgehead atoms. The van der Waals surface area contributed by atoms with E-state index in [9.17, 15) is 8.76 Å². The Hall–Kier alpha value is -0.330. The topological polar surface area (TPSA) is 40.1 Å². The van der Waals surface area contributed by atoms with Crippen LogP contribution in [0.3, 0.4) is 0 Å². The molecule has 52 valence electrons. The lowest BCUT2D eigenvalue weighted by Crippen LogP contribution is -2.17. The maximum absolute atomic E-state index is 10.1. The molecular weight excluding hydrogens is 136 g/mol. The van der Waals surface area contributed by atoms with Gasteiger partial charge in [0.1, 0.15) is 0 Å². The van der Waals surface area contributed by atoms with Crippen molar-refractivity contribution in [3.63, 3.8) is 0 Å². The van der Waals surface area contributed by atoms with Crippen molar-refractivity contribution < 1.29 is 8.76 Å². The van der Waals surface area contributed by atoms with Crippen LogP contribution in [-0.4, -0.2) is 14.5 Å². The maximum Gasteiger partial charge on any atom is 0.0359 e. The highest BCUT2D eigenvalue weighted by Gasteiger charge is 2.12. The van der Waals surface area contributed by atoms with Crippen molar-refractivity contribution in [2.45, 2.75) is 13.8 Å². The smallest absolute Gasteiger partial charge is 0.0359 e. The SMILES string of the molecule is C#CC(C)(C)CS(=O)[O-]. The maximum atomic E-state index is 10.1. The molecule has 9 heavy (non-hydrogen) atoms. The van der Waals surface area contributed by atoms with Gasteiger partial charge in [-0.25, -0.2) is 0 Å². The fraction of sp³-hybridized carbons (Fsp3) is 0.667. The van der Waals surface area contributed by atoms with Crippen molar-refractivity contribution in [1.82, 2.24) is 0 Å². The molecule has 0 aliphatic heterocycles. The number of hydrogen-bond donors (Lipinski definition) is 0. The number of hydrogen-bond acceptors (Lipinski definition) is 2. The summed E-state index contributed by atoms with van der Waals surface area (Å²) in [6.45, 7) is 3.42. The quantitative estimate of drug-likeness (QED) is 0.420. The predicted molar refractivity (Wildman–Crippen MR) is 36.4 cm³/mol. The highest BCUT2D eigenvalue weighted by Crippen LogP contribution is 2.13. The predicted octanol–water partition coefficient (Wildman–Crippen LogP) is 0.525. The highest BCUT2D eigenvalue weighted by molar-refractivity contribution is 7.79. The fourth-order valence-electron chi connectivity index (χ4n) is 0.336. The Morgan fingerprint density at radius 1 is 1.78 bits per heavy atom. The molecule has 0 aromatic heterocycles. The molecular formula is C6H9O2S-. The van der Waals surface area contributed by atoms with Crippen LogP contribution in [0.1, 0.15) is 13.8 Å². The largest absolute Gasteiger partial charge is 0.772 e. The summed E-state index contributed by atoms with van der Waals surface area (Å²) in [4.78, 5) is 0. The second-order valence-corrected chi connectivity index (χ2v) is 3.37. The van der Waals surface area contributed by atoms with Crippen molar-refractivity contribution in [2.24, 2.45) is 5.41 Å². The van der Waals surface area contributed by atoms with Gasteiger partial charge in [-0.1, -0.05) is 17.0 Å². The van der Waals surface area contributed by atoms with Gasteiger partial charge in [0.2, 0.25) is 0 Å². The van der Waals surface area contributed by atoms with E-state index in [2.05, 4.69) is 5.92 Å². The summed E-state index contributed by atoms with van der Waals surface area (Å²) in [5.41, 5.74) is -0.521. The Morgan fingerprint density at radius 3 is 2.33 bits per heavy atom. The van der Waals surface area contributed by atoms with E-state index in [1.807, 2.05) is 0 Å². The Kier molecular flexibility index (Phi) is 2.89. The van der Waals surface area contributed by atoms with E-state index in [0.717, 1.165) is 0 Å². The minimum atomic E-state index is -2.03. The second-order valence-electron chi connectivity index (χ2n) is 2.48. The van der Waals surface area contributed by atoms with E-state index in [1.165, 1.54) is 0 Å². The third-order valence-corrected chi connectivity index (χ3v) is 1.83. The number of rotatable bonds is 2. The van der Waals surface area contributed by atoms with Gasteiger partial charge in [-0.2, -0.15) is 0 Å². The van der Waals surface area contributed by atoms with Gasteiger partial charge >= 0.3 is 0 Å². The lowest BCUT2D eigenvalue weighted by Gasteiger charge is -2.18. The second kappa shape index (κ2) is 3.00. The summed E-state index contributed by atoms with van der Waals surface area (Å²) in [5, 5.41) is 0. The van der Waals surface area contributed by atoms with Crippen molar-refractivity contribution in [2.75, 3.05) is 5.75 Å². The minimum Gasteiger partial charge on any atom is -0.772 e. The molecule has 3 heteroatoms. The molecule has 0 spiro atoms. The highest BCUT2D eigenvalue weighted by atomic mass is 32.2. The van der Waals surface area contributed by atoms with E-state index in [0.29, 0.717) is 0 Å². The Balaban J connectivity index is 3.91. The molecule has 0 rings (SSSR count). The average molecular weight is 145 g/mol. The molecule has 0 aliphatic rings. The van der Waals surface area contributed by atoms with Gasteiger partial charge in [-0.3, -0.25) is 4.21 Å². The molecule has 1 unspecified atom stereocenters. The fourth-order valence-corrected chi connectivity index (χ4v) is 1.01. The van der Waals surface area contributed by atoms with Gasteiger partial charge in [-0.05, 0) is 13.8 Å². The van der Waals surface area contributed by atoms with Crippen molar-refractivity contribution >= 4 is 11.1 Å². The summed E-state index contributed by atoms with van der Waals surface area (Å²) < 4.78 is 20.2. The number of terminal acetylenes is 1. The third-order valence-electron chi connectivity index (χ3n) is 0.869. The summed E-state index contributed by atoms with van der Waals surface area (Å²) in [7, 11) is 0. The van der Waals surface area contributed by atoms with Crippen molar-refractivity contribution in [1.29, 1.82) is 0 Å². The molecule has 0 radical (unpaired) electrons. The summed E-state index contributed by atoms with van der Waals surface area (Å²) in [6, 6.07) is 0. The first-order valence-electron chi connectivity index (χ1n) is 2.51. The molecule has 0 N–H and O–H groups in total. The monoisotopic (exact) mass is 145 g/mol. The Morgan fingerprint density at radius 2 is 2.22 bits per heavy atom. The third kappa shape index (κ3) is 4.19. The van der Waals surface area contributed by atoms with Crippen molar-refractivity contribution in [3.8, 4) is 12.3 Å². The van der Waals surface area contributed by atoms with Crippen LogP contribution in [0.2, 0.25) is 0 Å². The zero-order valence-corrected chi connectivity index (χ0v) is 6.33. The molecule has 0 fully saturated rings. The lowest BCUT2D eigenvalue weighted by molar-refractivity contribution is 0.501. The van der Waals surface area contributed by atoms with Gasteiger partial charge in [0.15, 0.2) is 0 Å². The van der Waals surface area contributed by atoms with Crippen LogP contribution in [0.5, 0.6) is 0 Å². The summed E-state index contributed by atoms with van der Waals surface area (Å²) >= 11 is -2.03. The minimum absolute atomic E-state index is 0.0312. The van der Waals surface area contributed by atoms with Crippen LogP contribution in [0.25, 0.3) is 0 Å².